The topological polar surface area (TPSA) is 45.7 Å². The van der Waals surface area contributed by atoms with Gasteiger partial charge < -0.3 is 15.4 Å². The number of methoxy groups -OCH3 is 1. The summed E-state index contributed by atoms with van der Waals surface area (Å²) < 4.78 is 5.32. The Kier molecular flexibility index (Phi) is 8.55. The molecule has 2 aromatic rings. The normalized spacial score (nSPS) is 11.6. The van der Waals surface area contributed by atoms with Gasteiger partial charge in [0.1, 0.15) is 5.75 Å². The summed E-state index contributed by atoms with van der Waals surface area (Å²) in [4.78, 5) is 5.58. The monoisotopic (exact) mass is 459 g/mol. The van der Waals surface area contributed by atoms with Crippen molar-refractivity contribution in [1.29, 1.82) is 0 Å². The predicted molar refractivity (Wildman–Crippen MR) is 114 cm³/mol. The minimum absolute atomic E-state index is 0. The second-order valence-corrected chi connectivity index (χ2v) is 7.01. The van der Waals surface area contributed by atoms with Crippen molar-refractivity contribution in [1.82, 2.24) is 10.6 Å². The van der Waals surface area contributed by atoms with Crippen molar-refractivity contribution >= 4 is 41.3 Å². The first-order valence-electron chi connectivity index (χ1n) is 7.66. The van der Waals surface area contributed by atoms with Crippen molar-refractivity contribution < 1.29 is 4.74 Å². The summed E-state index contributed by atoms with van der Waals surface area (Å²) in [6.45, 7) is 5.99. The number of benzene rings is 1. The third kappa shape index (κ3) is 5.98. The highest BCUT2D eigenvalue weighted by Crippen LogP contribution is 2.25. The lowest BCUT2D eigenvalue weighted by atomic mass is 9.84. The number of rotatable bonds is 6. The van der Waals surface area contributed by atoms with E-state index < -0.39 is 0 Å². The fourth-order valence-corrected chi connectivity index (χ4v) is 2.90. The predicted octanol–water partition coefficient (Wildman–Crippen LogP) is 4.02. The molecular formula is C18H26IN3OS. The molecule has 0 saturated carbocycles. The van der Waals surface area contributed by atoms with Crippen molar-refractivity contribution in [2.24, 2.45) is 4.99 Å². The first kappa shape index (κ1) is 20.8. The molecule has 0 amide bonds. The van der Waals surface area contributed by atoms with Crippen LogP contribution >= 0.6 is 35.3 Å². The van der Waals surface area contributed by atoms with Crippen LogP contribution in [0.3, 0.4) is 0 Å². The highest BCUT2D eigenvalue weighted by Gasteiger charge is 2.21. The summed E-state index contributed by atoms with van der Waals surface area (Å²) in [5, 5.41) is 8.84. The summed E-state index contributed by atoms with van der Waals surface area (Å²) in [6.07, 6.45) is 0. The van der Waals surface area contributed by atoms with E-state index in [0.717, 1.165) is 24.8 Å². The van der Waals surface area contributed by atoms with Gasteiger partial charge in [-0.3, -0.25) is 4.99 Å². The van der Waals surface area contributed by atoms with Gasteiger partial charge in [0.05, 0.1) is 13.7 Å². The van der Waals surface area contributed by atoms with E-state index in [9.17, 15) is 0 Å². The Labute approximate surface area is 165 Å². The van der Waals surface area contributed by atoms with Gasteiger partial charge in [0.15, 0.2) is 5.96 Å². The Morgan fingerprint density at radius 1 is 1.21 bits per heavy atom. The molecule has 0 saturated heterocycles. The van der Waals surface area contributed by atoms with Crippen molar-refractivity contribution in [3.63, 3.8) is 0 Å². The summed E-state index contributed by atoms with van der Waals surface area (Å²) in [7, 11) is 3.49. The molecule has 0 unspecified atom stereocenters. The van der Waals surface area contributed by atoms with Crippen LogP contribution in [-0.2, 0) is 12.0 Å². The summed E-state index contributed by atoms with van der Waals surface area (Å²) in [5.41, 5.74) is 1.20. The van der Waals surface area contributed by atoms with Gasteiger partial charge in [-0.15, -0.1) is 35.3 Å². The Bertz CT molecular complexity index is 641. The van der Waals surface area contributed by atoms with E-state index in [1.807, 2.05) is 12.1 Å². The van der Waals surface area contributed by atoms with Crippen molar-refractivity contribution in [3.8, 4) is 5.75 Å². The van der Waals surface area contributed by atoms with E-state index in [1.165, 1.54) is 10.4 Å². The van der Waals surface area contributed by atoms with E-state index >= 15 is 0 Å². The minimum Gasteiger partial charge on any atom is -0.497 e. The highest BCUT2D eigenvalue weighted by atomic mass is 127. The van der Waals surface area contributed by atoms with Crippen molar-refractivity contribution in [2.75, 3.05) is 20.7 Å². The molecule has 0 aliphatic carbocycles. The second-order valence-electron chi connectivity index (χ2n) is 5.97. The maximum Gasteiger partial charge on any atom is 0.191 e. The molecule has 0 bridgehead atoms. The first-order chi connectivity index (χ1) is 11.0. The number of nitrogens with one attached hydrogen (secondary N) is 2. The van der Waals surface area contributed by atoms with Gasteiger partial charge in [0.2, 0.25) is 0 Å². The lowest BCUT2D eigenvalue weighted by Gasteiger charge is -2.27. The van der Waals surface area contributed by atoms with Crippen LogP contribution in [0.1, 0.15) is 24.3 Å². The maximum atomic E-state index is 5.32. The number of aliphatic imine (C=N–C) groups is 1. The third-order valence-electron chi connectivity index (χ3n) is 3.78. The standard InChI is InChI=1S/C18H25N3OS.HI/c1-18(2,14-7-5-8-15(11-14)22-4)13-21-17(19-3)20-12-16-9-6-10-23-16;/h5-11H,12-13H2,1-4H3,(H2,19,20,21);1H. The van der Waals surface area contributed by atoms with E-state index in [1.54, 1.807) is 25.5 Å². The number of thiophene rings is 1. The molecule has 1 aromatic carbocycles. The number of hydrogen-bond acceptors (Lipinski definition) is 3. The largest absolute Gasteiger partial charge is 0.497 e. The van der Waals surface area contributed by atoms with Crippen LogP contribution in [0.25, 0.3) is 0 Å². The Balaban J connectivity index is 0.00000288. The number of halogens is 1. The second kappa shape index (κ2) is 9.88. The smallest absolute Gasteiger partial charge is 0.191 e. The molecule has 0 aliphatic rings. The summed E-state index contributed by atoms with van der Waals surface area (Å²) >= 11 is 1.74. The van der Waals surface area contributed by atoms with E-state index in [0.29, 0.717) is 0 Å². The van der Waals surface area contributed by atoms with E-state index in [4.69, 9.17) is 4.74 Å². The Morgan fingerprint density at radius 3 is 2.62 bits per heavy atom. The molecular weight excluding hydrogens is 433 g/mol. The van der Waals surface area contributed by atoms with Gasteiger partial charge in [-0.2, -0.15) is 0 Å². The van der Waals surface area contributed by atoms with Crippen LogP contribution < -0.4 is 15.4 Å². The molecule has 2 rings (SSSR count). The van der Waals surface area contributed by atoms with Crippen molar-refractivity contribution in [2.45, 2.75) is 25.8 Å². The van der Waals surface area contributed by atoms with Crippen LogP contribution in [0.2, 0.25) is 0 Å². The highest BCUT2D eigenvalue weighted by molar-refractivity contribution is 14.0. The summed E-state index contributed by atoms with van der Waals surface area (Å²) in [6, 6.07) is 12.4. The fourth-order valence-electron chi connectivity index (χ4n) is 2.26. The van der Waals surface area contributed by atoms with E-state index in [-0.39, 0.29) is 29.4 Å². The molecule has 2 N–H and O–H groups in total. The quantitative estimate of drug-likeness (QED) is 0.390. The number of guanidine groups is 1. The molecule has 0 aliphatic heterocycles. The van der Waals surface area contributed by atoms with Gasteiger partial charge in [-0.25, -0.2) is 0 Å². The number of ether oxygens (including phenoxy) is 1. The maximum absolute atomic E-state index is 5.32. The SMILES string of the molecule is CN=C(NCc1cccs1)NCC(C)(C)c1cccc(OC)c1.I. The lowest BCUT2D eigenvalue weighted by Crippen LogP contribution is -2.43. The zero-order valence-electron chi connectivity index (χ0n) is 14.6. The molecule has 0 fully saturated rings. The summed E-state index contributed by atoms with van der Waals surface area (Å²) in [5.74, 6) is 1.70. The number of hydrogen-bond donors (Lipinski definition) is 2. The molecule has 6 heteroatoms. The molecule has 0 radical (unpaired) electrons. The minimum atomic E-state index is -0.0326. The molecule has 1 heterocycles. The van der Waals surface area contributed by atoms with Crippen LogP contribution in [0.4, 0.5) is 0 Å². The average molecular weight is 459 g/mol. The first-order valence-corrected chi connectivity index (χ1v) is 8.54. The molecule has 4 nitrogen and oxygen atoms in total. The fraction of sp³-hybridized carbons (Fsp3) is 0.389. The van der Waals surface area contributed by atoms with Crippen LogP contribution in [0, 0.1) is 0 Å². The van der Waals surface area contributed by atoms with Gasteiger partial charge in [0.25, 0.3) is 0 Å². The Hall–Kier alpha value is -1.28. The van der Waals surface area contributed by atoms with E-state index in [2.05, 4.69) is 59.1 Å². The van der Waals surface area contributed by atoms with Crippen LogP contribution in [0.5, 0.6) is 5.75 Å². The van der Waals surface area contributed by atoms with Crippen LogP contribution in [0.15, 0.2) is 46.8 Å². The number of nitrogens with zero attached hydrogens (tertiary/aromatic N) is 1. The molecule has 132 valence electrons. The molecule has 24 heavy (non-hydrogen) atoms. The lowest BCUT2D eigenvalue weighted by molar-refractivity contribution is 0.411. The van der Waals surface area contributed by atoms with Crippen molar-refractivity contribution in [3.05, 3.63) is 52.2 Å². The average Bonchev–Trinajstić information content (AvgIpc) is 3.08. The zero-order chi connectivity index (χ0) is 16.7. The van der Waals surface area contributed by atoms with Gasteiger partial charge >= 0.3 is 0 Å². The molecule has 0 atom stereocenters. The van der Waals surface area contributed by atoms with Gasteiger partial charge in [-0.05, 0) is 29.1 Å². The molecule has 1 aromatic heterocycles. The van der Waals surface area contributed by atoms with Gasteiger partial charge in [-0.1, -0.05) is 32.0 Å². The Morgan fingerprint density at radius 2 is 2.00 bits per heavy atom. The third-order valence-corrected chi connectivity index (χ3v) is 4.66. The van der Waals surface area contributed by atoms with Crippen LogP contribution in [-0.4, -0.2) is 26.7 Å². The van der Waals surface area contributed by atoms with Gasteiger partial charge in [0, 0.05) is 23.9 Å². The zero-order valence-corrected chi connectivity index (χ0v) is 17.8. The molecule has 0 spiro atoms.